The summed E-state index contributed by atoms with van der Waals surface area (Å²) in [4.78, 5) is 9.13. The van der Waals surface area contributed by atoms with Crippen LogP contribution in [-0.4, -0.2) is 69.6 Å². The molecule has 2 rings (SSSR count). The molecule has 24 heavy (non-hydrogen) atoms. The highest BCUT2D eigenvalue weighted by molar-refractivity contribution is 5.79. The highest BCUT2D eigenvalue weighted by Crippen LogP contribution is 2.16. The molecule has 5 nitrogen and oxygen atoms in total. The number of guanidine groups is 1. The van der Waals surface area contributed by atoms with Crippen LogP contribution >= 0.6 is 0 Å². The zero-order valence-electron chi connectivity index (χ0n) is 15.5. The molecular formula is C19H33N5. The molecule has 1 atom stereocenters. The summed E-state index contributed by atoms with van der Waals surface area (Å²) < 4.78 is 0. The third-order valence-electron chi connectivity index (χ3n) is 4.66. The van der Waals surface area contributed by atoms with E-state index in [1.54, 1.807) is 0 Å². The van der Waals surface area contributed by atoms with Gasteiger partial charge in [-0.1, -0.05) is 36.8 Å². The Morgan fingerprint density at radius 3 is 2.46 bits per heavy atom. The van der Waals surface area contributed by atoms with Gasteiger partial charge in [-0.3, -0.25) is 4.99 Å². The van der Waals surface area contributed by atoms with Crippen LogP contribution in [0.1, 0.15) is 30.9 Å². The summed E-state index contributed by atoms with van der Waals surface area (Å²) in [6.07, 6.45) is 4.07. The third kappa shape index (κ3) is 6.13. The Labute approximate surface area is 147 Å². The molecule has 0 bridgehead atoms. The SMILES string of the molecule is CN=C(NCCN1CCCCC1)NCC(c1ccccc1)N(C)C. The van der Waals surface area contributed by atoms with Crippen molar-refractivity contribution in [2.24, 2.45) is 4.99 Å². The van der Waals surface area contributed by atoms with Gasteiger partial charge in [0.15, 0.2) is 5.96 Å². The number of nitrogens with zero attached hydrogens (tertiary/aromatic N) is 3. The minimum absolute atomic E-state index is 0.326. The van der Waals surface area contributed by atoms with Crippen molar-refractivity contribution in [2.45, 2.75) is 25.3 Å². The molecule has 0 aromatic heterocycles. The predicted molar refractivity (Wildman–Crippen MR) is 103 cm³/mol. The number of nitrogens with one attached hydrogen (secondary N) is 2. The minimum Gasteiger partial charge on any atom is -0.355 e. The lowest BCUT2D eigenvalue weighted by molar-refractivity contribution is 0.232. The number of likely N-dealkylation sites (N-methyl/N-ethyl adjacent to an activating group) is 1. The molecule has 0 saturated carbocycles. The summed E-state index contributed by atoms with van der Waals surface area (Å²) in [6, 6.07) is 10.9. The predicted octanol–water partition coefficient (Wildman–Crippen LogP) is 1.94. The Morgan fingerprint density at radius 2 is 1.83 bits per heavy atom. The van der Waals surface area contributed by atoms with Crippen LogP contribution in [0.5, 0.6) is 0 Å². The Balaban J connectivity index is 1.77. The van der Waals surface area contributed by atoms with Gasteiger partial charge in [-0.25, -0.2) is 0 Å². The topological polar surface area (TPSA) is 42.9 Å². The quantitative estimate of drug-likeness (QED) is 0.592. The van der Waals surface area contributed by atoms with Crippen molar-refractivity contribution in [1.82, 2.24) is 20.4 Å². The van der Waals surface area contributed by atoms with Gasteiger partial charge in [0.2, 0.25) is 0 Å². The second-order valence-electron chi connectivity index (χ2n) is 6.67. The van der Waals surface area contributed by atoms with Crippen molar-refractivity contribution in [3.8, 4) is 0 Å². The minimum atomic E-state index is 0.326. The van der Waals surface area contributed by atoms with Gasteiger partial charge in [0, 0.05) is 26.7 Å². The van der Waals surface area contributed by atoms with Crippen LogP contribution in [0.4, 0.5) is 0 Å². The number of hydrogen-bond donors (Lipinski definition) is 2. The van der Waals surface area contributed by atoms with Crippen LogP contribution < -0.4 is 10.6 Å². The van der Waals surface area contributed by atoms with Crippen LogP contribution in [0.15, 0.2) is 35.3 Å². The van der Waals surface area contributed by atoms with E-state index < -0.39 is 0 Å². The van der Waals surface area contributed by atoms with Crippen LogP contribution in [0.2, 0.25) is 0 Å². The summed E-state index contributed by atoms with van der Waals surface area (Å²) in [5.41, 5.74) is 1.32. The Bertz CT molecular complexity index is 480. The average molecular weight is 332 g/mol. The van der Waals surface area contributed by atoms with Crippen LogP contribution in [0, 0.1) is 0 Å². The van der Waals surface area contributed by atoms with Crippen molar-refractivity contribution in [1.29, 1.82) is 0 Å². The van der Waals surface area contributed by atoms with Crippen molar-refractivity contribution in [2.75, 3.05) is 53.9 Å². The van der Waals surface area contributed by atoms with E-state index in [2.05, 4.69) is 69.9 Å². The van der Waals surface area contributed by atoms with Gasteiger partial charge in [-0.15, -0.1) is 0 Å². The maximum Gasteiger partial charge on any atom is 0.191 e. The molecule has 0 radical (unpaired) electrons. The fraction of sp³-hybridized carbons (Fsp3) is 0.632. The molecule has 1 unspecified atom stereocenters. The first-order valence-electron chi connectivity index (χ1n) is 9.09. The Kier molecular flexibility index (Phi) is 8.05. The maximum atomic E-state index is 4.35. The molecular weight excluding hydrogens is 298 g/mol. The molecule has 0 amide bonds. The summed E-state index contributed by atoms with van der Waals surface area (Å²) in [7, 11) is 6.07. The van der Waals surface area contributed by atoms with Gasteiger partial charge in [-0.05, 0) is 45.6 Å². The summed E-state index contributed by atoms with van der Waals surface area (Å²) in [5, 5.41) is 6.91. The largest absolute Gasteiger partial charge is 0.355 e. The molecule has 1 saturated heterocycles. The zero-order valence-corrected chi connectivity index (χ0v) is 15.5. The second-order valence-corrected chi connectivity index (χ2v) is 6.67. The number of aliphatic imine (C=N–C) groups is 1. The molecule has 1 aliphatic rings. The van der Waals surface area contributed by atoms with Crippen molar-refractivity contribution >= 4 is 5.96 Å². The Hall–Kier alpha value is -1.59. The number of hydrogen-bond acceptors (Lipinski definition) is 3. The molecule has 0 spiro atoms. The molecule has 5 heteroatoms. The molecule has 2 N–H and O–H groups in total. The number of likely N-dealkylation sites (tertiary alicyclic amines) is 1. The van der Waals surface area contributed by atoms with E-state index in [1.807, 2.05) is 7.05 Å². The van der Waals surface area contributed by atoms with E-state index in [1.165, 1.54) is 37.9 Å². The zero-order chi connectivity index (χ0) is 17.2. The first-order valence-corrected chi connectivity index (χ1v) is 9.09. The molecule has 1 aromatic carbocycles. The molecule has 1 aromatic rings. The molecule has 0 aliphatic carbocycles. The number of piperidine rings is 1. The second kappa shape index (κ2) is 10.3. The lowest BCUT2D eigenvalue weighted by Crippen LogP contribution is -2.44. The molecule has 1 fully saturated rings. The van der Waals surface area contributed by atoms with E-state index in [0.29, 0.717) is 6.04 Å². The molecule has 134 valence electrons. The van der Waals surface area contributed by atoms with Gasteiger partial charge < -0.3 is 20.4 Å². The molecule has 1 aliphatic heterocycles. The monoisotopic (exact) mass is 331 g/mol. The third-order valence-corrected chi connectivity index (χ3v) is 4.66. The first-order chi connectivity index (χ1) is 11.7. The van der Waals surface area contributed by atoms with Crippen LogP contribution in [-0.2, 0) is 0 Å². The van der Waals surface area contributed by atoms with E-state index in [4.69, 9.17) is 0 Å². The van der Waals surface area contributed by atoms with Crippen molar-refractivity contribution < 1.29 is 0 Å². The molecule has 1 heterocycles. The Morgan fingerprint density at radius 1 is 1.12 bits per heavy atom. The van der Waals surface area contributed by atoms with Crippen LogP contribution in [0.25, 0.3) is 0 Å². The van der Waals surface area contributed by atoms with Gasteiger partial charge in [0.25, 0.3) is 0 Å². The van der Waals surface area contributed by atoms with Gasteiger partial charge >= 0.3 is 0 Å². The summed E-state index contributed by atoms with van der Waals surface area (Å²) in [6.45, 7) is 5.35. The van der Waals surface area contributed by atoms with Gasteiger partial charge in [0.1, 0.15) is 0 Å². The van der Waals surface area contributed by atoms with Crippen molar-refractivity contribution in [3.63, 3.8) is 0 Å². The van der Waals surface area contributed by atoms with Crippen LogP contribution in [0.3, 0.4) is 0 Å². The average Bonchev–Trinajstić information content (AvgIpc) is 2.62. The van der Waals surface area contributed by atoms with Gasteiger partial charge in [0.05, 0.1) is 6.04 Å². The summed E-state index contributed by atoms with van der Waals surface area (Å²) in [5.74, 6) is 0.884. The fourth-order valence-electron chi connectivity index (χ4n) is 3.20. The number of rotatable bonds is 7. The van der Waals surface area contributed by atoms with E-state index in [-0.39, 0.29) is 0 Å². The van der Waals surface area contributed by atoms with E-state index in [0.717, 1.165) is 25.6 Å². The fourth-order valence-corrected chi connectivity index (χ4v) is 3.20. The lowest BCUT2D eigenvalue weighted by atomic mass is 10.1. The number of benzene rings is 1. The normalized spacial score (nSPS) is 17.8. The summed E-state index contributed by atoms with van der Waals surface area (Å²) >= 11 is 0. The maximum absolute atomic E-state index is 4.35. The van der Waals surface area contributed by atoms with Crippen molar-refractivity contribution in [3.05, 3.63) is 35.9 Å². The van der Waals surface area contributed by atoms with E-state index in [9.17, 15) is 0 Å². The van der Waals surface area contributed by atoms with Gasteiger partial charge in [-0.2, -0.15) is 0 Å². The lowest BCUT2D eigenvalue weighted by Gasteiger charge is -2.28. The standard InChI is InChI=1S/C19H33N5/c1-20-19(21-12-15-24-13-8-5-9-14-24)22-16-18(23(2)3)17-10-6-4-7-11-17/h4,6-7,10-11,18H,5,8-9,12-16H2,1-3H3,(H2,20,21,22). The highest BCUT2D eigenvalue weighted by atomic mass is 15.2. The highest BCUT2D eigenvalue weighted by Gasteiger charge is 2.14. The first kappa shape index (κ1) is 18.7. The smallest absolute Gasteiger partial charge is 0.191 e. The van der Waals surface area contributed by atoms with E-state index >= 15 is 0 Å².